The second-order valence-electron chi connectivity index (χ2n) is 6.00. The molecule has 0 fully saturated rings. The standard InChI is InChI=1S/C18H25NO4Si/c1-20-24(21-2,22-3)12-6-11-19-13-16-10-9-15-7-4-5-8-17(15)18(16)23-14-19/h4-5,7-10H,6,11-14H2,1-3H3. The summed E-state index contributed by atoms with van der Waals surface area (Å²) in [5.41, 5.74) is 1.24. The third-order valence-corrected chi connectivity index (χ3v) is 7.47. The van der Waals surface area contributed by atoms with Gasteiger partial charge in [-0.25, -0.2) is 0 Å². The van der Waals surface area contributed by atoms with Gasteiger partial charge in [-0.1, -0.05) is 36.4 Å². The lowest BCUT2D eigenvalue weighted by molar-refractivity contribution is 0.0910. The van der Waals surface area contributed by atoms with Crippen LogP contribution in [-0.2, 0) is 19.8 Å². The Labute approximate surface area is 144 Å². The van der Waals surface area contributed by atoms with Gasteiger partial charge in [0, 0.05) is 51.4 Å². The molecule has 0 bridgehead atoms. The maximum atomic E-state index is 6.05. The molecule has 1 aliphatic rings. The van der Waals surface area contributed by atoms with Crippen molar-refractivity contribution < 1.29 is 18.0 Å². The first-order valence-electron chi connectivity index (χ1n) is 8.22. The van der Waals surface area contributed by atoms with E-state index in [0.29, 0.717) is 6.73 Å². The first kappa shape index (κ1) is 17.4. The molecule has 6 heteroatoms. The monoisotopic (exact) mass is 347 g/mol. The van der Waals surface area contributed by atoms with Crippen LogP contribution in [0.15, 0.2) is 36.4 Å². The highest BCUT2D eigenvalue weighted by atomic mass is 28.4. The van der Waals surface area contributed by atoms with Gasteiger partial charge in [0.25, 0.3) is 0 Å². The molecule has 1 heterocycles. The molecule has 2 aromatic rings. The summed E-state index contributed by atoms with van der Waals surface area (Å²) in [5.74, 6) is 1.03. The van der Waals surface area contributed by atoms with Gasteiger partial charge < -0.3 is 18.0 Å². The van der Waals surface area contributed by atoms with Gasteiger partial charge in [-0.15, -0.1) is 0 Å². The van der Waals surface area contributed by atoms with Crippen LogP contribution in [0.2, 0.25) is 6.04 Å². The van der Waals surface area contributed by atoms with E-state index in [2.05, 4.69) is 41.3 Å². The second kappa shape index (κ2) is 7.63. The zero-order valence-electron chi connectivity index (χ0n) is 14.6. The van der Waals surface area contributed by atoms with Crippen LogP contribution < -0.4 is 4.74 Å². The number of benzene rings is 2. The highest BCUT2D eigenvalue weighted by Gasteiger charge is 2.37. The minimum Gasteiger partial charge on any atom is -0.477 e. The summed E-state index contributed by atoms with van der Waals surface area (Å²) < 4.78 is 22.5. The molecule has 0 saturated carbocycles. The number of hydrogen-bond donors (Lipinski definition) is 0. The molecule has 0 amide bonds. The minimum absolute atomic E-state index is 0.614. The fourth-order valence-electron chi connectivity index (χ4n) is 3.24. The zero-order chi connectivity index (χ0) is 17.0. The van der Waals surface area contributed by atoms with Crippen LogP contribution >= 0.6 is 0 Å². The zero-order valence-corrected chi connectivity index (χ0v) is 15.6. The van der Waals surface area contributed by atoms with Crippen molar-refractivity contribution >= 4 is 19.6 Å². The van der Waals surface area contributed by atoms with E-state index in [1.807, 2.05) is 0 Å². The Balaban J connectivity index is 1.63. The second-order valence-corrected chi connectivity index (χ2v) is 9.09. The Morgan fingerprint density at radius 3 is 2.54 bits per heavy atom. The van der Waals surface area contributed by atoms with E-state index >= 15 is 0 Å². The van der Waals surface area contributed by atoms with Gasteiger partial charge in [-0.2, -0.15) is 0 Å². The summed E-state index contributed by atoms with van der Waals surface area (Å²) in [6, 6.07) is 13.5. The van der Waals surface area contributed by atoms with Crippen LogP contribution in [0.5, 0.6) is 5.75 Å². The predicted molar refractivity (Wildman–Crippen MR) is 96.1 cm³/mol. The van der Waals surface area contributed by atoms with E-state index in [9.17, 15) is 0 Å². The molecule has 0 radical (unpaired) electrons. The van der Waals surface area contributed by atoms with E-state index in [-0.39, 0.29) is 0 Å². The Hall–Kier alpha value is -1.44. The SMILES string of the molecule is CO[Si](CCCN1COc2c(ccc3ccccc23)C1)(OC)OC. The van der Waals surface area contributed by atoms with Crippen LogP contribution in [0.3, 0.4) is 0 Å². The number of rotatable bonds is 7. The molecule has 3 rings (SSSR count). The molecule has 0 spiro atoms. The van der Waals surface area contributed by atoms with Crippen LogP contribution in [0.1, 0.15) is 12.0 Å². The van der Waals surface area contributed by atoms with Gasteiger partial charge in [-0.05, 0) is 11.8 Å². The lowest BCUT2D eigenvalue weighted by Crippen LogP contribution is -2.43. The molecule has 5 nitrogen and oxygen atoms in total. The van der Waals surface area contributed by atoms with Crippen molar-refractivity contribution in [3.63, 3.8) is 0 Å². The van der Waals surface area contributed by atoms with Gasteiger partial charge in [0.15, 0.2) is 0 Å². The van der Waals surface area contributed by atoms with E-state index in [1.165, 1.54) is 16.3 Å². The maximum absolute atomic E-state index is 6.05. The number of fused-ring (bicyclic) bond motifs is 3. The molecular weight excluding hydrogens is 322 g/mol. The third kappa shape index (κ3) is 3.48. The predicted octanol–water partition coefficient (Wildman–Crippen LogP) is 3.26. The molecule has 24 heavy (non-hydrogen) atoms. The highest BCUT2D eigenvalue weighted by molar-refractivity contribution is 6.60. The maximum Gasteiger partial charge on any atom is 0.500 e. The summed E-state index contributed by atoms with van der Waals surface area (Å²) in [6.45, 7) is 2.45. The van der Waals surface area contributed by atoms with Crippen LogP contribution in [0.4, 0.5) is 0 Å². The Morgan fingerprint density at radius 2 is 1.79 bits per heavy atom. The van der Waals surface area contributed by atoms with Crippen molar-refractivity contribution in [3.8, 4) is 5.75 Å². The molecule has 1 aliphatic heterocycles. The fraction of sp³-hybridized carbons (Fsp3) is 0.444. The normalized spacial score (nSPS) is 15.3. The van der Waals surface area contributed by atoms with Crippen molar-refractivity contribution in [3.05, 3.63) is 42.0 Å². The van der Waals surface area contributed by atoms with E-state index in [1.54, 1.807) is 21.3 Å². The van der Waals surface area contributed by atoms with E-state index in [4.69, 9.17) is 18.0 Å². The molecule has 130 valence electrons. The lowest BCUT2D eigenvalue weighted by atomic mass is 10.0. The van der Waals surface area contributed by atoms with E-state index < -0.39 is 8.80 Å². The summed E-state index contributed by atoms with van der Waals surface area (Å²) >= 11 is 0. The summed E-state index contributed by atoms with van der Waals surface area (Å²) in [6.07, 6.45) is 0.952. The Morgan fingerprint density at radius 1 is 1.04 bits per heavy atom. The minimum atomic E-state index is -2.48. The molecule has 0 unspecified atom stereocenters. The molecule has 0 saturated heterocycles. The molecule has 0 N–H and O–H groups in total. The van der Waals surface area contributed by atoms with Crippen molar-refractivity contribution in [2.24, 2.45) is 0 Å². The van der Waals surface area contributed by atoms with Crippen molar-refractivity contribution in [2.75, 3.05) is 34.6 Å². The quantitative estimate of drug-likeness (QED) is 0.719. The average molecular weight is 347 g/mol. The number of nitrogens with zero attached hydrogens (tertiary/aromatic N) is 1. The molecule has 0 atom stereocenters. The van der Waals surface area contributed by atoms with Gasteiger partial charge in [0.05, 0.1) is 0 Å². The van der Waals surface area contributed by atoms with Gasteiger partial charge in [0.1, 0.15) is 12.5 Å². The van der Waals surface area contributed by atoms with Gasteiger partial charge in [0.2, 0.25) is 0 Å². The van der Waals surface area contributed by atoms with Crippen molar-refractivity contribution in [2.45, 2.75) is 19.0 Å². The molecule has 2 aromatic carbocycles. The van der Waals surface area contributed by atoms with Crippen molar-refractivity contribution in [1.29, 1.82) is 0 Å². The molecular formula is C18H25NO4Si. The largest absolute Gasteiger partial charge is 0.500 e. The van der Waals surface area contributed by atoms with E-state index in [0.717, 1.165) is 31.3 Å². The summed E-state index contributed by atoms with van der Waals surface area (Å²) in [5, 5.41) is 2.42. The van der Waals surface area contributed by atoms with Gasteiger partial charge in [-0.3, -0.25) is 4.90 Å². The summed E-state index contributed by atoms with van der Waals surface area (Å²) in [7, 11) is 2.49. The summed E-state index contributed by atoms with van der Waals surface area (Å²) in [4.78, 5) is 2.30. The number of ether oxygens (including phenoxy) is 1. The molecule has 0 aliphatic carbocycles. The van der Waals surface area contributed by atoms with Crippen molar-refractivity contribution in [1.82, 2.24) is 4.90 Å². The lowest BCUT2D eigenvalue weighted by Gasteiger charge is -2.31. The average Bonchev–Trinajstić information content (AvgIpc) is 2.65. The highest BCUT2D eigenvalue weighted by Crippen LogP contribution is 2.33. The fourth-order valence-corrected chi connectivity index (χ4v) is 4.95. The Kier molecular flexibility index (Phi) is 5.52. The van der Waals surface area contributed by atoms with Crippen LogP contribution in [0.25, 0.3) is 10.8 Å². The number of hydrogen-bond acceptors (Lipinski definition) is 5. The van der Waals surface area contributed by atoms with Crippen LogP contribution in [0, 0.1) is 0 Å². The third-order valence-electron chi connectivity index (χ3n) is 4.64. The first-order valence-corrected chi connectivity index (χ1v) is 10.2. The molecule has 0 aromatic heterocycles. The smallest absolute Gasteiger partial charge is 0.477 e. The Bertz CT molecular complexity index is 682. The topological polar surface area (TPSA) is 40.2 Å². The van der Waals surface area contributed by atoms with Gasteiger partial charge >= 0.3 is 8.80 Å². The van der Waals surface area contributed by atoms with Crippen LogP contribution in [-0.4, -0.2) is 48.3 Å². The first-order chi connectivity index (χ1) is 11.7.